The monoisotopic (exact) mass is 339 g/mol. The van der Waals surface area contributed by atoms with Crippen LogP contribution in [-0.2, 0) is 6.54 Å². The molecule has 1 amide bonds. The van der Waals surface area contributed by atoms with Gasteiger partial charge in [-0.3, -0.25) is 9.48 Å². The van der Waals surface area contributed by atoms with Crippen LogP contribution < -0.4 is 0 Å². The van der Waals surface area contributed by atoms with Crippen molar-refractivity contribution >= 4 is 17.2 Å². The first-order valence-corrected chi connectivity index (χ1v) is 8.91. The standard InChI is InChI=1S/C19H21N3OS/c1-4-22-13-17(12-20-22)15-7-5-8-16(11-15)19(23)21(3)14(2)18-9-6-10-24-18/h5-14H,4H2,1-3H3/t14-/m0/s1. The number of amides is 1. The van der Waals surface area contributed by atoms with E-state index in [9.17, 15) is 4.79 Å². The maximum Gasteiger partial charge on any atom is 0.254 e. The van der Waals surface area contributed by atoms with Crippen molar-refractivity contribution in [1.29, 1.82) is 0 Å². The molecule has 0 N–H and O–H groups in total. The molecule has 1 atom stereocenters. The van der Waals surface area contributed by atoms with Gasteiger partial charge in [-0.1, -0.05) is 18.2 Å². The molecule has 0 bridgehead atoms. The van der Waals surface area contributed by atoms with Gasteiger partial charge in [-0.2, -0.15) is 5.10 Å². The average Bonchev–Trinajstić information content (AvgIpc) is 3.31. The van der Waals surface area contributed by atoms with Gasteiger partial charge in [0, 0.05) is 35.8 Å². The molecule has 1 aromatic carbocycles. The van der Waals surface area contributed by atoms with Crippen molar-refractivity contribution in [2.24, 2.45) is 0 Å². The Morgan fingerprint density at radius 3 is 2.79 bits per heavy atom. The van der Waals surface area contributed by atoms with Gasteiger partial charge in [0.2, 0.25) is 0 Å². The van der Waals surface area contributed by atoms with E-state index in [1.54, 1.807) is 16.2 Å². The minimum Gasteiger partial charge on any atom is -0.334 e. The first kappa shape index (κ1) is 16.5. The van der Waals surface area contributed by atoms with Crippen LogP contribution in [0.5, 0.6) is 0 Å². The van der Waals surface area contributed by atoms with Crippen molar-refractivity contribution in [2.45, 2.75) is 26.4 Å². The summed E-state index contributed by atoms with van der Waals surface area (Å²) in [5.41, 5.74) is 2.74. The van der Waals surface area contributed by atoms with Crippen molar-refractivity contribution in [2.75, 3.05) is 7.05 Å². The van der Waals surface area contributed by atoms with Crippen molar-refractivity contribution in [3.8, 4) is 11.1 Å². The number of rotatable bonds is 5. The summed E-state index contributed by atoms with van der Waals surface area (Å²) < 4.78 is 1.88. The number of aromatic nitrogens is 2. The predicted molar refractivity (Wildman–Crippen MR) is 98.2 cm³/mol. The second-order valence-electron chi connectivity index (χ2n) is 5.77. The van der Waals surface area contributed by atoms with E-state index in [1.165, 1.54) is 4.88 Å². The molecule has 3 rings (SSSR count). The molecule has 2 aromatic heterocycles. The number of carbonyl (C=O) groups excluding carboxylic acids is 1. The molecular formula is C19H21N3OS. The molecule has 0 aliphatic heterocycles. The van der Waals surface area contributed by atoms with Crippen LogP contribution in [-0.4, -0.2) is 27.6 Å². The fraction of sp³-hybridized carbons (Fsp3) is 0.263. The molecule has 0 radical (unpaired) electrons. The molecule has 0 fully saturated rings. The summed E-state index contributed by atoms with van der Waals surface area (Å²) in [6, 6.07) is 11.9. The van der Waals surface area contributed by atoms with Gasteiger partial charge >= 0.3 is 0 Å². The number of benzene rings is 1. The van der Waals surface area contributed by atoms with Crippen molar-refractivity contribution in [3.63, 3.8) is 0 Å². The van der Waals surface area contributed by atoms with E-state index in [0.717, 1.165) is 17.7 Å². The predicted octanol–water partition coefficient (Wildman–Crippen LogP) is 4.46. The van der Waals surface area contributed by atoms with E-state index < -0.39 is 0 Å². The second kappa shape index (κ2) is 7.01. The Balaban J connectivity index is 1.84. The number of aryl methyl sites for hydroxylation is 1. The fourth-order valence-electron chi connectivity index (χ4n) is 2.62. The van der Waals surface area contributed by atoms with Crippen LogP contribution in [0.1, 0.15) is 35.1 Å². The maximum atomic E-state index is 12.8. The Labute approximate surface area is 146 Å². The highest BCUT2D eigenvalue weighted by molar-refractivity contribution is 7.10. The molecule has 0 aliphatic carbocycles. The van der Waals surface area contributed by atoms with Crippen molar-refractivity contribution in [3.05, 3.63) is 64.6 Å². The lowest BCUT2D eigenvalue weighted by molar-refractivity contribution is 0.0745. The number of nitrogens with zero attached hydrogens (tertiary/aromatic N) is 3. The molecule has 0 aliphatic rings. The lowest BCUT2D eigenvalue weighted by Gasteiger charge is -2.24. The lowest BCUT2D eigenvalue weighted by atomic mass is 10.0. The molecule has 2 heterocycles. The molecule has 4 nitrogen and oxygen atoms in total. The van der Waals surface area contributed by atoms with Gasteiger partial charge < -0.3 is 4.90 Å². The SMILES string of the molecule is CCn1cc(-c2cccc(C(=O)N(C)[C@@H](C)c3cccs3)c2)cn1. The van der Waals surface area contributed by atoms with E-state index in [-0.39, 0.29) is 11.9 Å². The van der Waals surface area contributed by atoms with E-state index in [1.807, 2.05) is 59.8 Å². The summed E-state index contributed by atoms with van der Waals surface area (Å²) in [6.07, 6.45) is 3.84. The maximum absolute atomic E-state index is 12.8. The summed E-state index contributed by atoms with van der Waals surface area (Å²) in [4.78, 5) is 15.8. The molecule has 124 valence electrons. The van der Waals surface area contributed by atoms with Gasteiger partial charge in [0.25, 0.3) is 5.91 Å². The van der Waals surface area contributed by atoms with Crippen LogP contribution in [0.3, 0.4) is 0 Å². The van der Waals surface area contributed by atoms with E-state index >= 15 is 0 Å². The Hall–Kier alpha value is -2.40. The highest BCUT2D eigenvalue weighted by Gasteiger charge is 2.20. The quantitative estimate of drug-likeness (QED) is 0.688. The van der Waals surface area contributed by atoms with Crippen LogP contribution in [0.15, 0.2) is 54.2 Å². The Morgan fingerprint density at radius 1 is 1.29 bits per heavy atom. The highest BCUT2D eigenvalue weighted by Crippen LogP contribution is 2.26. The molecule has 0 saturated carbocycles. The van der Waals surface area contributed by atoms with Gasteiger partial charge in [0.05, 0.1) is 12.2 Å². The summed E-state index contributed by atoms with van der Waals surface area (Å²) >= 11 is 1.67. The molecule has 0 spiro atoms. The lowest BCUT2D eigenvalue weighted by Crippen LogP contribution is -2.29. The van der Waals surface area contributed by atoms with E-state index in [0.29, 0.717) is 5.56 Å². The first-order valence-electron chi connectivity index (χ1n) is 8.03. The van der Waals surface area contributed by atoms with Crippen LogP contribution >= 0.6 is 11.3 Å². The molecule has 24 heavy (non-hydrogen) atoms. The number of thiophene rings is 1. The average molecular weight is 339 g/mol. The van der Waals surface area contributed by atoms with Crippen LogP contribution in [0.2, 0.25) is 0 Å². The van der Waals surface area contributed by atoms with Gasteiger partial charge in [0.1, 0.15) is 0 Å². The third kappa shape index (κ3) is 3.26. The summed E-state index contributed by atoms with van der Waals surface area (Å²) in [6.45, 7) is 4.94. The van der Waals surface area contributed by atoms with Gasteiger partial charge in [-0.25, -0.2) is 0 Å². The number of hydrogen-bond acceptors (Lipinski definition) is 3. The summed E-state index contributed by atoms with van der Waals surface area (Å²) in [5, 5.41) is 6.34. The van der Waals surface area contributed by atoms with Crippen LogP contribution in [0, 0.1) is 0 Å². The highest BCUT2D eigenvalue weighted by atomic mass is 32.1. The summed E-state index contributed by atoms with van der Waals surface area (Å²) in [7, 11) is 1.86. The van der Waals surface area contributed by atoms with E-state index in [2.05, 4.69) is 25.0 Å². The third-order valence-electron chi connectivity index (χ3n) is 4.26. The van der Waals surface area contributed by atoms with Crippen LogP contribution in [0.25, 0.3) is 11.1 Å². The zero-order chi connectivity index (χ0) is 17.1. The third-order valence-corrected chi connectivity index (χ3v) is 5.30. The normalized spacial score (nSPS) is 12.1. The minimum absolute atomic E-state index is 0.0284. The van der Waals surface area contributed by atoms with Gasteiger partial charge in [-0.05, 0) is 43.0 Å². The Bertz CT molecular complexity index is 823. The van der Waals surface area contributed by atoms with Crippen molar-refractivity contribution in [1.82, 2.24) is 14.7 Å². The Morgan fingerprint density at radius 2 is 2.12 bits per heavy atom. The smallest absolute Gasteiger partial charge is 0.254 e. The number of hydrogen-bond donors (Lipinski definition) is 0. The fourth-order valence-corrected chi connectivity index (χ4v) is 3.44. The summed E-state index contributed by atoms with van der Waals surface area (Å²) in [5.74, 6) is 0.0284. The van der Waals surface area contributed by atoms with Crippen molar-refractivity contribution < 1.29 is 4.79 Å². The van der Waals surface area contributed by atoms with Gasteiger partial charge in [0.15, 0.2) is 0 Å². The van der Waals surface area contributed by atoms with Crippen LogP contribution in [0.4, 0.5) is 0 Å². The molecule has 0 saturated heterocycles. The zero-order valence-electron chi connectivity index (χ0n) is 14.1. The molecule has 3 aromatic rings. The van der Waals surface area contributed by atoms with E-state index in [4.69, 9.17) is 0 Å². The first-order chi connectivity index (χ1) is 11.6. The zero-order valence-corrected chi connectivity index (χ0v) is 15.0. The topological polar surface area (TPSA) is 38.1 Å². The molecule has 0 unspecified atom stereocenters. The molecule has 5 heteroatoms. The Kier molecular flexibility index (Phi) is 4.81. The second-order valence-corrected chi connectivity index (χ2v) is 6.75. The minimum atomic E-state index is 0.0284. The largest absolute Gasteiger partial charge is 0.334 e. The number of carbonyl (C=O) groups is 1. The molecular weight excluding hydrogens is 318 g/mol. The van der Waals surface area contributed by atoms with Gasteiger partial charge in [-0.15, -0.1) is 11.3 Å².